The summed E-state index contributed by atoms with van der Waals surface area (Å²) in [6, 6.07) is 7.67. The van der Waals surface area contributed by atoms with Gasteiger partial charge in [-0.1, -0.05) is 12.1 Å². The normalized spacial score (nSPS) is 12.5. The molecule has 0 heterocycles. The highest BCUT2D eigenvalue weighted by molar-refractivity contribution is 5.28. The van der Waals surface area contributed by atoms with E-state index in [0.717, 1.165) is 11.3 Å². The zero-order valence-corrected chi connectivity index (χ0v) is 8.69. The molecule has 0 amide bonds. The molecule has 78 valence electrons. The molecular weight excluding hydrogens is 178 g/mol. The van der Waals surface area contributed by atoms with E-state index < -0.39 is 0 Å². The minimum Gasteiger partial charge on any atom is -0.497 e. The van der Waals surface area contributed by atoms with Gasteiger partial charge in [0.1, 0.15) is 5.75 Å². The fraction of sp³-hybridized carbons (Fsp3) is 0.455. The van der Waals surface area contributed by atoms with Crippen LogP contribution in [0, 0.1) is 0 Å². The molecule has 0 aliphatic heterocycles. The Labute approximate surface area is 84.8 Å². The van der Waals surface area contributed by atoms with Gasteiger partial charge in [0.15, 0.2) is 0 Å². The van der Waals surface area contributed by atoms with Crippen molar-refractivity contribution < 1.29 is 9.47 Å². The molecule has 1 aromatic rings. The zero-order chi connectivity index (χ0) is 10.4. The lowest BCUT2D eigenvalue weighted by Crippen LogP contribution is -2.16. The Morgan fingerprint density at radius 1 is 1.29 bits per heavy atom. The maximum atomic E-state index is 5.91. The fourth-order valence-corrected chi connectivity index (χ4v) is 1.19. The van der Waals surface area contributed by atoms with Gasteiger partial charge in [-0.3, -0.25) is 0 Å². The van der Waals surface area contributed by atoms with E-state index in [1.54, 1.807) is 7.11 Å². The molecule has 0 saturated heterocycles. The van der Waals surface area contributed by atoms with Gasteiger partial charge in [0.05, 0.1) is 19.8 Å². The standard InChI is InChI=1S/C11H17NO2/c1-3-14-8-11(12)9-4-6-10(13-2)7-5-9/h4-7,11H,3,8,12H2,1-2H3. The van der Waals surface area contributed by atoms with Crippen LogP contribution in [-0.4, -0.2) is 20.3 Å². The van der Waals surface area contributed by atoms with E-state index in [2.05, 4.69) is 0 Å². The number of ether oxygens (including phenoxy) is 2. The molecule has 0 spiro atoms. The number of benzene rings is 1. The minimum absolute atomic E-state index is 0.0548. The molecular formula is C11H17NO2. The first kappa shape index (κ1) is 11.0. The molecule has 0 aromatic heterocycles. The highest BCUT2D eigenvalue weighted by Crippen LogP contribution is 2.16. The molecule has 1 aromatic carbocycles. The summed E-state index contributed by atoms with van der Waals surface area (Å²) in [5, 5.41) is 0. The van der Waals surface area contributed by atoms with Crippen molar-refractivity contribution in [1.29, 1.82) is 0 Å². The molecule has 3 nitrogen and oxygen atoms in total. The van der Waals surface area contributed by atoms with Gasteiger partial charge < -0.3 is 15.2 Å². The summed E-state index contributed by atoms with van der Waals surface area (Å²) in [7, 11) is 1.65. The summed E-state index contributed by atoms with van der Waals surface area (Å²) in [6.45, 7) is 3.22. The second kappa shape index (κ2) is 5.62. The molecule has 3 heteroatoms. The predicted molar refractivity (Wildman–Crippen MR) is 56.4 cm³/mol. The lowest BCUT2D eigenvalue weighted by Gasteiger charge is -2.12. The van der Waals surface area contributed by atoms with Gasteiger partial charge in [-0.2, -0.15) is 0 Å². The maximum absolute atomic E-state index is 5.91. The largest absolute Gasteiger partial charge is 0.497 e. The number of hydrogen-bond acceptors (Lipinski definition) is 3. The maximum Gasteiger partial charge on any atom is 0.118 e. The summed E-state index contributed by atoms with van der Waals surface area (Å²) in [5.41, 5.74) is 6.98. The molecule has 0 fully saturated rings. The van der Waals surface area contributed by atoms with Crippen LogP contribution in [0.2, 0.25) is 0 Å². The van der Waals surface area contributed by atoms with Crippen LogP contribution >= 0.6 is 0 Å². The first-order chi connectivity index (χ1) is 6.77. The van der Waals surface area contributed by atoms with Crippen LogP contribution in [0.15, 0.2) is 24.3 Å². The Bertz CT molecular complexity index is 258. The van der Waals surface area contributed by atoms with E-state index >= 15 is 0 Å². The molecule has 1 unspecified atom stereocenters. The third kappa shape index (κ3) is 3.01. The van der Waals surface area contributed by atoms with Crippen LogP contribution in [-0.2, 0) is 4.74 Å². The average Bonchev–Trinajstić information content (AvgIpc) is 2.26. The Kier molecular flexibility index (Phi) is 4.43. The quantitative estimate of drug-likeness (QED) is 0.778. The van der Waals surface area contributed by atoms with Gasteiger partial charge in [0, 0.05) is 6.61 Å². The SMILES string of the molecule is CCOCC(N)c1ccc(OC)cc1. The van der Waals surface area contributed by atoms with E-state index in [9.17, 15) is 0 Å². The van der Waals surface area contributed by atoms with Crippen molar-refractivity contribution in [2.24, 2.45) is 5.73 Å². The summed E-state index contributed by atoms with van der Waals surface area (Å²) >= 11 is 0. The number of hydrogen-bond donors (Lipinski definition) is 1. The summed E-state index contributed by atoms with van der Waals surface area (Å²) in [4.78, 5) is 0. The van der Waals surface area contributed by atoms with Crippen LogP contribution in [0.5, 0.6) is 5.75 Å². The Balaban J connectivity index is 2.57. The van der Waals surface area contributed by atoms with E-state index in [1.165, 1.54) is 0 Å². The molecule has 0 saturated carbocycles. The number of methoxy groups -OCH3 is 1. The molecule has 0 radical (unpaired) electrons. The monoisotopic (exact) mass is 195 g/mol. The molecule has 1 atom stereocenters. The highest BCUT2D eigenvalue weighted by Gasteiger charge is 2.05. The molecule has 2 N–H and O–H groups in total. The van der Waals surface area contributed by atoms with Crippen molar-refractivity contribution in [1.82, 2.24) is 0 Å². The highest BCUT2D eigenvalue weighted by atomic mass is 16.5. The second-order valence-corrected chi connectivity index (χ2v) is 3.04. The first-order valence-electron chi connectivity index (χ1n) is 4.75. The third-order valence-corrected chi connectivity index (χ3v) is 2.05. The molecule has 1 rings (SSSR count). The molecule has 0 aliphatic carbocycles. The zero-order valence-electron chi connectivity index (χ0n) is 8.69. The third-order valence-electron chi connectivity index (χ3n) is 2.05. The first-order valence-corrected chi connectivity index (χ1v) is 4.75. The summed E-state index contributed by atoms with van der Waals surface area (Å²) < 4.78 is 10.3. The van der Waals surface area contributed by atoms with Gasteiger partial charge in [-0.15, -0.1) is 0 Å². The van der Waals surface area contributed by atoms with Crippen LogP contribution in [0.4, 0.5) is 0 Å². The van der Waals surface area contributed by atoms with Crippen molar-refractivity contribution in [3.8, 4) is 5.75 Å². The van der Waals surface area contributed by atoms with Gasteiger partial charge in [0.2, 0.25) is 0 Å². The summed E-state index contributed by atoms with van der Waals surface area (Å²) in [6.07, 6.45) is 0. The predicted octanol–water partition coefficient (Wildman–Crippen LogP) is 1.73. The number of rotatable bonds is 5. The van der Waals surface area contributed by atoms with Gasteiger partial charge in [-0.25, -0.2) is 0 Å². The molecule has 0 aliphatic rings. The van der Waals surface area contributed by atoms with Crippen molar-refractivity contribution in [2.75, 3.05) is 20.3 Å². The summed E-state index contributed by atoms with van der Waals surface area (Å²) in [5.74, 6) is 0.845. The van der Waals surface area contributed by atoms with Gasteiger partial charge in [-0.05, 0) is 24.6 Å². The number of nitrogens with two attached hydrogens (primary N) is 1. The Hall–Kier alpha value is -1.06. The van der Waals surface area contributed by atoms with Crippen molar-refractivity contribution in [2.45, 2.75) is 13.0 Å². The Morgan fingerprint density at radius 2 is 1.93 bits per heavy atom. The van der Waals surface area contributed by atoms with E-state index in [1.807, 2.05) is 31.2 Å². The lowest BCUT2D eigenvalue weighted by molar-refractivity contribution is 0.133. The molecule has 14 heavy (non-hydrogen) atoms. The van der Waals surface area contributed by atoms with Crippen LogP contribution < -0.4 is 10.5 Å². The Morgan fingerprint density at radius 3 is 2.43 bits per heavy atom. The minimum atomic E-state index is -0.0548. The van der Waals surface area contributed by atoms with Crippen molar-refractivity contribution in [3.05, 3.63) is 29.8 Å². The van der Waals surface area contributed by atoms with E-state index in [4.69, 9.17) is 15.2 Å². The van der Waals surface area contributed by atoms with Crippen molar-refractivity contribution in [3.63, 3.8) is 0 Å². The van der Waals surface area contributed by atoms with Crippen LogP contribution in [0.3, 0.4) is 0 Å². The fourth-order valence-electron chi connectivity index (χ4n) is 1.19. The lowest BCUT2D eigenvalue weighted by atomic mass is 10.1. The van der Waals surface area contributed by atoms with E-state index in [-0.39, 0.29) is 6.04 Å². The smallest absolute Gasteiger partial charge is 0.118 e. The van der Waals surface area contributed by atoms with E-state index in [0.29, 0.717) is 13.2 Å². The van der Waals surface area contributed by atoms with Gasteiger partial charge in [0.25, 0.3) is 0 Å². The van der Waals surface area contributed by atoms with Crippen LogP contribution in [0.1, 0.15) is 18.5 Å². The van der Waals surface area contributed by atoms with Crippen molar-refractivity contribution >= 4 is 0 Å². The average molecular weight is 195 g/mol. The second-order valence-electron chi connectivity index (χ2n) is 3.04. The van der Waals surface area contributed by atoms with Gasteiger partial charge >= 0.3 is 0 Å². The molecule has 0 bridgehead atoms. The van der Waals surface area contributed by atoms with Crippen LogP contribution in [0.25, 0.3) is 0 Å². The topological polar surface area (TPSA) is 44.5 Å².